The molecule has 39 heavy (non-hydrogen) atoms. The van der Waals surface area contributed by atoms with E-state index in [4.69, 9.17) is 19.9 Å². The van der Waals surface area contributed by atoms with E-state index in [1.165, 1.54) is 5.57 Å². The molecule has 1 aliphatic heterocycles. The number of carboxylic acids is 1. The predicted octanol–water partition coefficient (Wildman–Crippen LogP) is 3.29. The number of fused-ring (bicyclic) bond motifs is 3. The molecule has 4 fully saturated rings. The second-order valence-electron chi connectivity index (χ2n) is 13.4. The van der Waals surface area contributed by atoms with Crippen molar-refractivity contribution in [2.75, 3.05) is 46.6 Å². The summed E-state index contributed by atoms with van der Waals surface area (Å²) >= 11 is 0. The molecule has 0 aromatic heterocycles. The number of carbonyl (C=O) groups is 2. The molecule has 4 aliphatic carbocycles. The monoisotopic (exact) mass is 546 g/mol. The molecule has 10 atom stereocenters. The molecule has 4 N–H and O–H groups in total. The van der Waals surface area contributed by atoms with Gasteiger partial charge >= 0.3 is 5.97 Å². The molecule has 0 spiro atoms. The Morgan fingerprint density at radius 3 is 2.77 bits per heavy atom. The van der Waals surface area contributed by atoms with Gasteiger partial charge in [0, 0.05) is 30.9 Å². The van der Waals surface area contributed by atoms with Crippen molar-refractivity contribution in [1.29, 1.82) is 0 Å². The number of methoxy groups -OCH3 is 1. The van der Waals surface area contributed by atoms with Crippen LogP contribution in [0.1, 0.15) is 58.8 Å². The van der Waals surface area contributed by atoms with Crippen LogP contribution in [0.5, 0.6) is 0 Å². The van der Waals surface area contributed by atoms with Gasteiger partial charge in [-0.3, -0.25) is 9.59 Å². The first-order chi connectivity index (χ1) is 18.8. The number of allylic oxidation sites excluding steroid dienone is 1. The number of hydrogen-bond acceptors (Lipinski definition) is 7. The number of nitrogens with two attached hydrogens (primary N) is 1. The van der Waals surface area contributed by atoms with Crippen LogP contribution in [0.3, 0.4) is 0 Å². The molecule has 0 aromatic rings. The average Bonchev–Trinajstić information content (AvgIpc) is 2.90. The van der Waals surface area contributed by atoms with E-state index in [-0.39, 0.29) is 47.1 Å². The van der Waals surface area contributed by atoms with Gasteiger partial charge in [-0.15, -0.1) is 0 Å². The van der Waals surface area contributed by atoms with Gasteiger partial charge < -0.3 is 30.4 Å². The Morgan fingerprint density at radius 1 is 1.23 bits per heavy atom. The van der Waals surface area contributed by atoms with E-state index < -0.39 is 17.8 Å². The summed E-state index contributed by atoms with van der Waals surface area (Å²) < 4.78 is 18.9. The van der Waals surface area contributed by atoms with Gasteiger partial charge in [0.25, 0.3) is 0 Å². The number of ketones is 1. The summed E-state index contributed by atoms with van der Waals surface area (Å²) in [6.45, 7) is 8.55. The Hall–Kier alpha value is -1.32. The van der Waals surface area contributed by atoms with Crippen molar-refractivity contribution >= 4 is 11.8 Å². The number of hydrogen-bond donors (Lipinski definition) is 3. The van der Waals surface area contributed by atoms with Crippen LogP contribution in [0.4, 0.5) is 0 Å². The quantitative estimate of drug-likeness (QED) is 0.338. The van der Waals surface area contributed by atoms with Gasteiger partial charge in [0.15, 0.2) is 5.78 Å². The molecule has 8 heteroatoms. The molecule has 3 saturated carbocycles. The van der Waals surface area contributed by atoms with Crippen LogP contribution < -0.4 is 11.1 Å². The highest BCUT2D eigenvalue weighted by atomic mass is 16.5. The fourth-order valence-corrected chi connectivity index (χ4v) is 9.49. The third-order valence-corrected chi connectivity index (χ3v) is 10.9. The number of nitrogens with one attached hydrogen (secondary N) is 1. The number of carboxylic acid groups (broad SMARTS) is 1. The van der Waals surface area contributed by atoms with Crippen molar-refractivity contribution < 1.29 is 28.9 Å². The van der Waals surface area contributed by atoms with Gasteiger partial charge in [0.05, 0.1) is 37.9 Å². The van der Waals surface area contributed by atoms with Gasteiger partial charge in [-0.05, 0) is 93.7 Å². The minimum absolute atomic E-state index is 0.0308. The van der Waals surface area contributed by atoms with Gasteiger partial charge in [0.1, 0.15) is 0 Å². The van der Waals surface area contributed by atoms with E-state index in [1.54, 1.807) is 7.11 Å². The van der Waals surface area contributed by atoms with Crippen LogP contribution in [-0.4, -0.2) is 75.6 Å². The molecule has 5 aliphatic rings. The molecule has 7 unspecified atom stereocenters. The maximum Gasteiger partial charge on any atom is 0.307 e. The van der Waals surface area contributed by atoms with Crippen LogP contribution in [-0.2, 0) is 23.8 Å². The Kier molecular flexibility index (Phi) is 9.18. The van der Waals surface area contributed by atoms with E-state index >= 15 is 0 Å². The molecule has 0 aromatic carbocycles. The standard InChI is InChI=1S/C31H50N2O6/c1-18(2)13-19-5-6-21-20-7-8-23-22-16-38-17-31(23,24(20)14-25(34)28(21)27(19)30(35)36)15-26(37-3)29(22)39-12-11-33-10-4-9-32/h14,18-23,26-29,33H,4-13,15-17,32H2,1-3H3,(H,35,36)/t19?,20?,21?,22?,23?,26-,27?,28?,29-,31-/m1/s1. The van der Waals surface area contributed by atoms with E-state index in [2.05, 4.69) is 19.2 Å². The van der Waals surface area contributed by atoms with Crippen molar-refractivity contribution in [1.82, 2.24) is 5.32 Å². The van der Waals surface area contributed by atoms with Gasteiger partial charge in [-0.1, -0.05) is 19.4 Å². The number of carbonyl (C=O) groups excluding carboxylic acids is 1. The number of aliphatic carboxylic acids is 1. The minimum atomic E-state index is -0.789. The number of ether oxygens (including phenoxy) is 3. The van der Waals surface area contributed by atoms with E-state index in [0.29, 0.717) is 38.2 Å². The van der Waals surface area contributed by atoms with Crippen molar-refractivity contribution in [2.45, 2.75) is 71.0 Å². The minimum Gasteiger partial charge on any atom is -0.481 e. The van der Waals surface area contributed by atoms with Gasteiger partial charge in [-0.2, -0.15) is 0 Å². The van der Waals surface area contributed by atoms with Crippen LogP contribution in [0.2, 0.25) is 0 Å². The normalized spacial score (nSPS) is 41.4. The highest BCUT2D eigenvalue weighted by Crippen LogP contribution is 2.64. The van der Waals surface area contributed by atoms with Gasteiger partial charge in [0.2, 0.25) is 0 Å². The van der Waals surface area contributed by atoms with Crippen LogP contribution in [0, 0.1) is 52.8 Å². The molecule has 0 amide bonds. The first-order valence-corrected chi connectivity index (χ1v) is 15.4. The SMILES string of the molecule is CO[C@@H]1C[C@@]23COCC(C2CCC2C3=CC(=O)C3C2CCC(CC(C)C)C3C(=O)O)[C@H]1OCCNCCCN. The molecule has 8 nitrogen and oxygen atoms in total. The second-order valence-corrected chi connectivity index (χ2v) is 13.4. The average molecular weight is 547 g/mol. The zero-order chi connectivity index (χ0) is 27.7. The fraction of sp³-hybridized carbons (Fsp3) is 0.871. The maximum absolute atomic E-state index is 13.9. The van der Waals surface area contributed by atoms with E-state index in [1.807, 2.05) is 6.08 Å². The summed E-state index contributed by atoms with van der Waals surface area (Å²) in [6, 6.07) is 0. The van der Waals surface area contributed by atoms with E-state index in [9.17, 15) is 14.7 Å². The highest BCUT2D eigenvalue weighted by molar-refractivity contribution is 5.97. The number of rotatable bonds is 11. The zero-order valence-electron chi connectivity index (χ0n) is 24.1. The van der Waals surface area contributed by atoms with Crippen molar-refractivity contribution in [3.8, 4) is 0 Å². The van der Waals surface area contributed by atoms with E-state index in [0.717, 1.165) is 58.0 Å². The lowest BCUT2D eigenvalue weighted by Gasteiger charge is -2.63. The molecule has 1 heterocycles. The maximum atomic E-state index is 13.9. The summed E-state index contributed by atoms with van der Waals surface area (Å²) in [5, 5.41) is 13.7. The highest BCUT2D eigenvalue weighted by Gasteiger charge is 2.63. The van der Waals surface area contributed by atoms with Crippen LogP contribution in [0.25, 0.3) is 0 Å². The smallest absolute Gasteiger partial charge is 0.307 e. The first kappa shape index (κ1) is 29.2. The van der Waals surface area contributed by atoms with Gasteiger partial charge in [-0.25, -0.2) is 0 Å². The Bertz CT molecular complexity index is 923. The lowest BCUT2D eigenvalue weighted by molar-refractivity contribution is -0.220. The largest absolute Gasteiger partial charge is 0.481 e. The molecule has 0 radical (unpaired) electrons. The predicted molar refractivity (Wildman–Crippen MR) is 148 cm³/mol. The first-order valence-electron chi connectivity index (χ1n) is 15.4. The lowest BCUT2D eigenvalue weighted by atomic mass is 9.45. The van der Waals surface area contributed by atoms with Crippen molar-refractivity contribution in [2.24, 2.45) is 58.5 Å². The summed E-state index contributed by atoms with van der Waals surface area (Å²) in [4.78, 5) is 26.4. The Morgan fingerprint density at radius 2 is 2.05 bits per heavy atom. The molecule has 220 valence electrons. The summed E-state index contributed by atoms with van der Waals surface area (Å²) in [6.07, 6.45) is 8.37. The summed E-state index contributed by atoms with van der Waals surface area (Å²) in [5.41, 5.74) is 6.61. The third kappa shape index (κ3) is 5.36. The molecule has 1 saturated heterocycles. The second kappa shape index (κ2) is 12.3. The molecular weight excluding hydrogens is 496 g/mol. The van der Waals surface area contributed by atoms with Crippen molar-refractivity contribution in [3.63, 3.8) is 0 Å². The molecule has 5 rings (SSSR count). The van der Waals surface area contributed by atoms with Crippen LogP contribution >= 0.6 is 0 Å². The molecular formula is C31H50N2O6. The molecule has 2 bridgehead atoms. The Labute approximate surface area is 233 Å². The van der Waals surface area contributed by atoms with Crippen LogP contribution in [0.15, 0.2) is 11.6 Å². The summed E-state index contributed by atoms with van der Waals surface area (Å²) in [5.74, 6) is -0.214. The fourth-order valence-electron chi connectivity index (χ4n) is 9.49. The zero-order valence-corrected chi connectivity index (χ0v) is 24.1. The summed E-state index contributed by atoms with van der Waals surface area (Å²) in [7, 11) is 1.78. The lowest BCUT2D eigenvalue weighted by Crippen LogP contribution is -2.64. The third-order valence-electron chi connectivity index (χ3n) is 10.9. The van der Waals surface area contributed by atoms with Crippen molar-refractivity contribution in [3.05, 3.63) is 11.6 Å². The topological polar surface area (TPSA) is 120 Å². The Balaban J connectivity index is 1.39.